The second kappa shape index (κ2) is 12.1. The number of aryl methyl sites for hydroxylation is 1. The molecule has 39 heavy (non-hydrogen) atoms. The van der Waals surface area contributed by atoms with Crippen molar-refractivity contribution in [2.75, 3.05) is 33.0 Å². The topological polar surface area (TPSA) is 175 Å². The Balaban J connectivity index is 1.26. The predicted molar refractivity (Wildman–Crippen MR) is 149 cm³/mol. The van der Waals surface area contributed by atoms with E-state index >= 15 is 0 Å². The number of nitrogens with zero attached hydrogens (tertiary/aromatic N) is 6. The fraction of sp³-hybridized carbons (Fsp3) is 0.565. The molecule has 1 amide bonds. The summed E-state index contributed by atoms with van der Waals surface area (Å²) in [7, 11) is 3.29. The first-order valence-electron chi connectivity index (χ1n) is 12.7. The molecular formula is C23H33N10O4S2+. The normalized spacial score (nSPS) is 26.9. The number of nitrogens with one attached hydrogen (secondary N) is 3. The number of aromatic nitrogens is 3. The second-order valence-electron chi connectivity index (χ2n) is 9.52. The lowest BCUT2D eigenvalue weighted by atomic mass is 9.93. The first-order chi connectivity index (χ1) is 18.9. The van der Waals surface area contributed by atoms with Gasteiger partial charge in [-0.05, 0) is 49.1 Å². The standard InChI is InChI=1S/C23H32N10O4S2/c1-25-6-4-8-32-12-26-19-15(32)5-3-7-31(19)9-13-11-38-21-14(10-33(21)17(13)22(35)36)27-20(34)16(29-37-2)18-28-23(24)39-30-18/h3,5,7,12-14,17,21,23,25H,4,6,8-11,24H2,1-2H3,(H2-,27,28,30,34,35,36)/p+1/b29-16-/t13?,14-,17?,21-,23?/m1/s1. The van der Waals surface area contributed by atoms with Gasteiger partial charge in [0.2, 0.25) is 12.0 Å². The van der Waals surface area contributed by atoms with Crippen LogP contribution in [0.15, 0.2) is 34.8 Å². The van der Waals surface area contributed by atoms with Crippen molar-refractivity contribution in [2.24, 2.45) is 21.8 Å². The van der Waals surface area contributed by atoms with E-state index in [-0.39, 0.29) is 28.9 Å². The van der Waals surface area contributed by atoms with Gasteiger partial charge in [-0.3, -0.25) is 20.2 Å². The fourth-order valence-electron chi connectivity index (χ4n) is 5.21. The van der Waals surface area contributed by atoms with Crippen LogP contribution in [0.5, 0.6) is 0 Å². The number of carboxylic acids is 1. The number of imidazole rings is 1. The molecule has 2 aromatic heterocycles. The Kier molecular flexibility index (Phi) is 8.56. The number of pyridine rings is 1. The number of hydrogen-bond donors (Lipinski definition) is 5. The zero-order valence-corrected chi connectivity index (χ0v) is 23.3. The number of aliphatic carboxylic acids is 1. The summed E-state index contributed by atoms with van der Waals surface area (Å²) in [6.07, 6.45) is 4.80. The number of amides is 1. The summed E-state index contributed by atoms with van der Waals surface area (Å²) in [6.45, 7) is 2.72. The summed E-state index contributed by atoms with van der Waals surface area (Å²) < 4.78 is 7.06. The molecular weight excluding hydrogens is 544 g/mol. The molecule has 0 aliphatic carbocycles. The number of nitrogens with two attached hydrogens (primary N) is 1. The molecule has 0 radical (unpaired) electrons. The highest BCUT2D eigenvalue weighted by atomic mass is 32.2. The van der Waals surface area contributed by atoms with Crippen molar-refractivity contribution in [3.05, 3.63) is 24.7 Å². The van der Waals surface area contributed by atoms with Crippen molar-refractivity contribution in [1.29, 1.82) is 0 Å². The molecule has 6 N–H and O–H groups in total. The van der Waals surface area contributed by atoms with Gasteiger partial charge in [0.25, 0.3) is 5.91 Å². The minimum absolute atomic E-state index is 0.000223. The lowest BCUT2D eigenvalue weighted by Gasteiger charge is -2.54. The van der Waals surface area contributed by atoms with Crippen LogP contribution in [0, 0.1) is 5.92 Å². The van der Waals surface area contributed by atoms with Crippen LogP contribution in [-0.4, -0.2) is 98.9 Å². The lowest BCUT2D eigenvalue weighted by molar-refractivity contribution is -0.679. The number of carbonyl (C=O) groups is 2. The number of oxime groups is 1. The van der Waals surface area contributed by atoms with Crippen LogP contribution in [0.1, 0.15) is 6.42 Å². The molecule has 16 heteroatoms. The third-order valence-electron chi connectivity index (χ3n) is 6.99. The maximum Gasteiger partial charge on any atom is 0.348 e. The fourth-order valence-corrected chi connectivity index (χ4v) is 7.27. The van der Waals surface area contributed by atoms with Crippen LogP contribution in [0.4, 0.5) is 0 Å². The molecule has 0 aromatic carbocycles. The molecule has 3 aliphatic heterocycles. The van der Waals surface area contributed by atoms with E-state index in [2.05, 4.69) is 39.6 Å². The predicted octanol–water partition coefficient (Wildman–Crippen LogP) is -1.23. The Morgan fingerprint density at radius 3 is 3.00 bits per heavy atom. The van der Waals surface area contributed by atoms with Crippen molar-refractivity contribution < 1.29 is 24.1 Å². The zero-order valence-electron chi connectivity index (χ0n) is 21.7. The monoisotopic (exact) mass is 577 g/mol. The highest BCUT2D eigenvalue weighted by Gasteiger charge is 2.53. The molecule has 2 fully saturated rings. The lowest BCUT2D eigenvalue weighted by Crippen LogP contribution is -2.73. The number of hydrogen-bond acceptors (Lipinski definition) is 12. The first-order valence-corrected chi connectivity index (χ1v) is 14.6. The molecule has 3 unspecified atom stereocenters. The third kappa shape index (κ3) is 5.70. The molecule has 0 bridgehead atoms. The third-order valence-corrected chi connectivity index (χ3v) is 9.21. The van der Waals surface area contributed by atoms with Gasteiger partial charge in [-0.2, -0.15) is 0 Å². The largest absolute Gasteiger partial charge is 0.480 e. The van der Waals surface area contributed by atoms with Gasteiger partial charge in [0.05, 0.1) is 24.2 Å². The van der Waals surface area contributed by atoms with E-state index in [9.17, 15) is 14.7 Å². The molecule has 0 spiro atoms. The molecule has 2 saturated heterocycles. The molecule has 2 aromatic rings. The minimum atomic E-state index is -0.863. The Morgan fingerprint density at radius 2 is 2.28 bits per heavy atom. The maximum atomic E-state index is 13.0. The van der Waals surface area contributed by atoms with Gasteiger partial charge in [0.15, 0.2) is 11.3 Å². The number of thioether (sulfide) groups is 1. The van der Waals surface area contributed by atoms with Gasteiger partial charge < -0.3 is 29.9 Å². The van der Waals surface area contributed by atoms with Gasteiger partial charge in [0.1, 0.15) is 18.7 Å². The van der Waals surface area contributed by atoms with Crippen molar-refractivity contribution in [1.82, 2.24) is 29.8 Å². The average molecular weight is 578 g/mol. The second-order valence-corrected chi connectivity index (χ2v) is 11.6. The summed E-state index contributed by atoms with van der Waals surface area (Å²) in [4.78, 5) is 41.0. The summed E-state index contributed by atoms with van der Waals surface area (Å²) >= 11 is 2.82. The van der Waals surface area contributed by atoms with E-state index in [0.717, 1.165) is 42.6 Å². The van der Waals surface area contributed by atoms with Crippen molar-refractivity contribution in [3.8, 4) is 0 Å². The smallest absolute Gasteiger partial charge is 0.348 e. The Hall–Kier alpha value is -2.92. The van der Waals surface area contributed by atoms with E-state index in [4.69, 9.17) is 10.6 Å². The summed E-state index contributed by atoms with van der Waals surface area (Å²) in [5.41, 5.74) is 7.10. The van der Waals surface area contributed by atoms with Gasteiger partial charge in [-0.15, -0.1) is 11.8 Å². The number of carbonyl (C=O) groups excluding carboxylic acids is 1. The first kappa shape index (κ1) is 27.6. The Labute approximate surface area is 233 Å². The number of amidine groups is 1. The van der Waals surface area contributed by atoms with Crippen molar-refractivity contribution >= 4 is 58.3 Å². The van der Waals surface area contributed by atoms with Crippen molar-refractivity contribution in [3.63, 3.8) is 0 Å². The number of aliphatic imine (C=N–C) groups is 1. The van der Waals surface area contributed by atoms with Crippen LogP contribution in [0.3, 0.4) is 0 Å². The van der Waals surface area contributed by atoms with E-state index in [1.54, 1.807) is 11.8 Å². The average Bonchev–Trinajstić information content (AvgIpc) is 3.52. The summed E-state index contributed by atoms with van der Waals surface area (Å²) in [5, 5.41) is 20.0. The van der Waals surface area contributed by atoms with Crippen LogP contribution in [-0.2, 0) is 27.5 Å². The Morgan fingerprint density at radius 1 is 1.44 bits per heavy atom. The van der Waals surface area contributed by atoms with E-state index < -0.39 is 23.4 Å². The van der Waals surface area contributed by atoms with Crippen LogP contribution in [0.2, 0.25) is 0 Å². The van der Waals surface area contributed by atoms with E-state index in [1.165, 1.54) is 7.11 Å². The molecule has 5 atom stereocenters. The number of carboxylic acid groups (broad SMARTS) is 1. The maximum absolute atomic E-state index is 13.0. The number of fused-ring (bicyclic) bond motifs is 2. The van der Waals surface area contributed by atoms with E-state index in [1.807, 2.05) is 36.6 Å². The van der Waals surface area contributed by atoms with Gasteiger partial charge in [0, 0.05) is 24.8 Å². The molecule has 0 saturated carbocycles. The molecule has 14 nitrogen and oxygen atoms in total. The highest BCUT2D eigenvalue weighted by Crippen LogP contribution is 2.40. The SMILES string of the molecule is CNCCCn1cnc2c1ccc[n+]2CC1CS[C@@H]2[C@H](NC(=O)/C(=N\OC)C3=NC(N)SN3)CN2C1C(=O)O. The summed E-state index contributed by atoms with van der Waals surface area (Å²) in [5.74, 6) is -0.567. The van der Waals surface area contributed by atoms with Crippen molar-refractivity contribution in [2.45, 2.75) is 42.5 Å². The van der Waals surface area contributed by atoms with Crippen LogP contribution >= 0.6 is 23.7 Å². The van der Waals surface area contributed by atoms with Gasteiger partial charge in [-0.25, -0.2) is 9.56 Å². The quantitative estimate of drug-likeness (QED) is 0.0711. The molecule has 210 valence electrons. The highest BCUT2D eigenvalue weighted by molar-refractivity contribution is 8.00. The number of rotatable bonds is 11. The molecule has 5 heterocycles. The molecule has 5 rings (SSSR count). The van der Waals surface area contributed by atoms with E-state index in [0.29, 0.717) is 18.8 Å². The zero-order chi connectivity index (χ0) is 27.5. The van der Waals surface area contributed by atoms with Crippen LogP contribution < -0.4 is 25.7 Å². The summed E-state index contributed by atoms with van der Waals surface area (Å²) in [6, 6.07) is 3.12. The van der Waals surface area contributed by atoms with Gasteiger partial charge >= 0.3 is 11.6 Å². The Bertz CT molecular complexity index is 1290. The minimum Gasteiger partial charge on any atom is -0.480 e. The molecule has 3 aliphatic rings. The van der Waals surface area contributed by atoms with Gasteiger partial charge in [-0.1, -0.05) is 5.16 Å². The van der Waals surface area contributed by atoms with Crippen LogP contribution in [0.25, 0.3) is 11.2 Å².